The van der Waals surface area contributed by atoms with Gasteiger partial charge in [0.15, 0.2) is 0 Å². The summed E-state index contributed by atoms with van der Waals surface area (Å²) >= 11 is 0. The summed E-state index contributed by atoms with van der Waals surface area (Å²) in [6.45, 7) is 4.17. The number of hydrogen-bond donors (Lipinski definition) is 1. The first-order valence-electron chi connectivity index (χ1n) is 7.26. The Kier molecular flexibility index (Phi) is 3.78. The van der Waals surface area contributed by atoms with E-state index in [0.29, 0.717) is 0 Å². The van der Waals surface area contributed by atoms with Gasteiger partial charge in [0.1, 0.15) is 5.75 Å². The van der Waals surface area contributed by atoms with Crippen LogP contribution in [0.5, 0.6) is 5.75 Å². The fourth-order valence-corrected chi connectivity index (χ4v) is 2.89. The second-order valence-corrected chi connectivity index (χ2v) is 5.32. The molecule has 2 N–H and O–H groups in total. The van der Waals surface area contributed by atoms with Crippen molar-refractivity contribution in [3.05, 3.63) is 23.8 Å². The topological polar surface area (TPSA) is 58.8 Å². The number of anilines is 1. The number of rotatable bonds is 2. The van der Waals surface area contributed by atoms with Crippen molar-refractivity contribution >= 4 is 11.6 Å². The molecule has 0 unspecified atom stereocenters. The fraction of sp³-hybridized carbons (Fsp3) is 0.533. The number of carbonyl (C=O) groups is 1. The van der Waals surface area contributed by atoms with Crippen molar-refractivity contribution in [1.29, 1.82) is 0 Å². The number of aryl methyl sites for hydroxylation is 1. The van der Waals surface area contributed by atoms with E-state index in [4.69, 9.17) is 10.5 Å². The minimum absolute atomic E-state index is 0.0449. The van der Waals surface area contributed by atoms with Crippen LogP contribution >= 0.6 is 0 Å². The third-order valence-electron chi connectivity index (χ3n) is 4.06. The number of amides is 1. The highest BCUT2D eigenvalue weighted by Crippen LogP contribution is 2.29. The van der Waals surface area contributed by atoms with E-state index >= 15 is 0 Å². The Bertz CT molecular complexity index is 496. The van der Waals surface area contributed by atoms with Crippen LogP contribution in [0.25, 0.3) is 0 Å². The summed E-state index contributed by atoms with van der Waals surface area (Å²) in [5, 5.41) is 0. The standard InChI is InChI=1S/C15H21N3O2/c16-11-15(19)18-7-5-17(6-8-18)13-3-4-14-12(10-13)2-1-9-20-14/h3-4,10H,1-2,5-9,11,16H2. The van der Waals surface area contributed by atoms with Gasteiger partial charge in [0.25, 0.3) is 0 Å². The summed E-state index contributed by atoms with van der Waals surface area (Å²) in [6.07, 6.45) is 2.18. The molecule has 108 valence electrons. The Morgan fingerprint density at radius 1 is 1.25 bits per heavy atom. The van der Waals surface area contributed by atoms with Gasteiger partial charge in [-0.2, -0.15) is 0 Å². The van der Waals surface area contributed by atoms with Crippen LogP contribution in [-0.2, 0) is 11.2 Å². The van der Waals surface area contributed by atoms with Gasteiger partial charge in [-0.3, -0.25) is 4.79 Å². The summed E-state index contributed by atoms with van der Waals surface area (Å²) in [6, 6.07) is 6.42. The van der Waals surface area contributed by atoms with Crippen LogP contribution in [0.1, 0.15) is 12.0 Å². The molecule has 5 nitrogen and oxygen atoms in total. The molecule has 20 heavy (non-hydrogen) atoms. The minimum atomic E-state index is 0.0449. The van der Waals surface area contributed by atoms with Crippen LogP contribution in [0.4, 0.5) is 5.69 Å². The average Bonchev–Trinajstić information content (AvgIpc) is 2.54. The van der Waals surface area contributed by atoms with Crippen LogP contribution < -0.4 is 15.4 Å². The molecule has 0 radical (unpaired) electrons. The molecule has 0 atom stereocenters. The summed E-state index contributed by atoms with van der Waals surface area (Å²) in [5.41, 5.74) is 7.94. The molecular formula is C15H21N3O2. The highest BCUT2D eigenvalue weighted by atomic mass is 16.5. The van der Waals surface area contributed by atoms with Gasteiger partial charge in [-0.15, -0.1) is 0 Å². The summed E-state index contributed by atoms with van der Waals surface area (Å²) < 4.78 is 5.64. The predicted molar refractivity (Wildman–Crippen MR) is 78.1 cm³/mol. The highest BCUT2D eigenvalue weighted by molar-refractivity contribution is 5.78. The van der Waals surface area contributed by atoms with E-state index in [1.807, 2.05) is 4.90 Å². The van der Waals surface area contributed by atoms with E-state index in [1.54, 1.807) is 0 Å². The van der Waals surface area contributed by atoms with Crippen molar-refractivity contribution in [2.45, 2.75) is 12.8 Å². The molecule has 1 aromatic rings. The smallest absolute Gasteiger partial charge is 0.236 e. The minimum Gasteiger partial charge on any atom is -0.493 e. The van der Waals surface area contributed by atoms with Gasteiger partial charge in [-0.25, -0.2) is 0 Å². The van der Waals surface area contributed by atoms with Gasteiger partial charge in [0, 0.05) is 31.9 Å². The average molecular weight is 275 g/mol. The van der Waals surface area contributed by atoms with Crippen molar-refractivity contribution in [3.8, 4) is 5.75 Å². The first-order chi connectivity index (χ1) is 9.78. The molecule has 0 bridgehead atoms. The molecule has 1 saturated heterocycles. The van der Waals surface area contributed by atoms with Crippen LogP contribution in [-0.4, -0.2) is 50.1 Å². The lowest BCUT2D eigenvalue weighted by Gasteiger charge is -2.36. The first-order valence-corrected chi connectivity index (χ1v) is 7.26. The maximum Gasteiger partial charge on any atom is 0.236 e. The van der Waals surface area contributed by atoms with Crippen molar-refractivity contribution in [2.75, 3.05) is 44.2 Å². The van der Waals surface area contributed by atoms with E-state index in [2.05, 4.69) is 23.1 Å². The molecule has 5 heteroatoms. The van der Waals surface area contributed by atoms with Crippen LogP contribution in [0.3, 0.4) is 0 Å². The van der Waals surface area contributed by atoms with Crippen LogP contribution in [0.15, 0.2) is 18.2 Å². The molecule has 0 spiro atoms. The van der Waals surface area contributed by atoms with Crippen LogP contribution in [0.2, 0.25) is 0 Å². The number of fused-ring (bicyclic) bond motifs is 1. The zero-order valence-corrected chi connectivity index (χ0v) is 11.7. The Hall–Kier alpha value is -1.75. The van der Waals surface area contributed by atoms with Crippen LogP contribution in [0, 0.1) is 0 Å². The SMILES string of the molecule is NCC(=O)N1CCN(c2ccc3c(c2)CCCO3)CC1. The van der Waals surface area contributed by atoms with Crippen molar-refractivity contribution < 1.29 is 9.53 Å². The number of benzene rings is 1. The Balaban J connectivity index is 1.67. The molecule has 0 aromatic heterocycles. The Morgan fingerprint density at radius 2 is 2.05 bits per heavy atom. The lowest BCUT2D eigenvalue weighted by molar-refractivity contribution is -0.129. The van der Waals surface area contributed by atoms with Gasteiger partial charge in [0.05, 0.1) is 13.2 Å². The number of nitrogens with two attached hydrogens (primary N) is 1. The molecule has 2 aliphatic rings. The Morgan fingerprint density at radius 3 is 2.80 bits per heavy atom. The van der Waals surface area contributed by atoms with Gasteiger partial charge >= 0.3 is 0 Å². The second-order valence-electron chi connectivity index (χ2n) is 5.32. The monoisotopic (exact) mass is 275 g/mol. The molecule has 0 aliphatic carbocycles. The molecule has 0 saturated carbocycles. The van der Waals surface area contributed by atoms with Gasteiger partial charge in [-0.1, -0.05) is 0 Å². The van der Waals surface area contributed by atoms with Gasteiger partial charge in [-0.05, 0) is 36.6 Å². The fourth-order valence-electron chi connectivity index (χ4n) is 2.89. The number of piperazine rings is 1. The van der Waals surface area contributed by atoms with Gasteiger partial charge < -0.3 is 20.3 Å². The third-order valence-corrected chi connectivity index (χ3v) is 4.06. The second kappa shape index (κ2) is 5.71. The van der Waals surface area contributed by atoms with Crippen molar-refractivity contribution in [3.63, 3.8) is 0 Å². The summed E-state index contributed by atoms with van der Waals surface area (Å²) in [5.74, 6) is 1.07. The number of hydrogen-bond acceptors (Lipinski definition) is 4. The maximum absolute atomic E-state index is 11.6. The van der Waals surface area contributed by atoms with Gasteiger partial charge in [0.2, 0.25) is 5.91 Å². The molecule has 1 fully saturated rings. The first kappa shape index (κ1) is 13.2. The number of ether oxygens (including phenoxy) is 1. The molecular weight excluding hydrogens is 254 g/mol. The molecule has 1 aromatic carbocycles. The summed E-state index contributed by atoms with van der Waals surface area (Å²) in [7, 11) is 0. The zero-order valence-electron chi connectivity index (χ0n) is 11.7. The normalized spacial score (nSPS) is 18.4. The van der Waals surface area contributed by atoms with E-state index < -0.39 is 0 Å². The molecule has 3 rings (SSSR count). The maximum atomic E-state index is 11.6. The van der Waals surface area contributed by atoms with E-state index in [0.717, 1.165) is 51.4 Å². The third kappa shape index (κ3) is 2.58. The molecule has 1 amide bonds. The molecule has 2 aliphatic heterocycles. The zero-order chi connectivity index (χ0) is 13.9. The highest BCUT2D eigenvalue weighted by Gasteiger charge is 2.21. The Labute approximate surface area is 119 Å². The van der Waals surface area contributed by atoms with E-state index in [9.17, 15) is 4.79 Å². The largest absolute Gasteiger partial charge is 0.493 e. The summed E-state index contributed by atoms with van der Waals surface area (Å²) in [4.78, 5) is 15.7. The lowest BCUT2D eigenvalue weighted by atomic mass is 10.0. The lowest BCUT2D eigenvalue weighted by Crippen LogP contribution is -2.50. The predicted octanol–water partition coefficient (Wildman–Crippen LogP) is 0.619. The van der Waals surface area contributed by atoms with E-state index in [-0.39, 0.29) is 12.5 Å². The quantitative estimate of drug-likeness (QED) is 0.859. The van der Waals surface area contributed by atoms with E-state index in [1.165, 1.54) is 11.3 Å². The number of carbonyl (C=O) groups excluding carboxylic acids is 1. The number of nitrogens with zero attached hydrogens (tertiary/aromatic N) is 2. The van der Waals surface area contributed by atoms with Crippen molar-refractivity contribution in [1.82, 2.24) is 4.90 Å². The van der Waals surface area contributed by atoms with Crippen molar-refractivity contribution in [2.24, 2.45) is 5.73 Å². The molecule has 2 heterocycles.